The van der Waals surface area contributed by atoms with E-state index in [2.05, 4.69) is 69.0 Å². The third-order valence-electron chi connectivity index (χ3n) is 8.56. The highest BCUT2D eigenvalue weighted by molar-refractivity contribution is 5.95. The number of nitrogens with zero attached hydrogens (tertiary/aromatic N) is 4. The van der Waals surface area contributed by atoms with Gasteiger partial charge in [0.1, 0.15) is 11.5 Å². The van der Waals surface area contributed by atoms with Gasteiger partial charge in [-0.25, -0.2) is 10.9 Å². The number of ether oxygens (including phenoxy) is 1. The minimum Gasteiger partial charge on any atom is -0.457 e. The summed E-state index contributed by atoms with van der Waals surface area (Å²) in [6.07, 6.45) is 8.26. The fourth-order valence-corrected chi connectivity index (χ4v) is 6.09. The number of aryl methyl sites for hydroxylation is 2. The first kappa shape index (κ1) is 31.5. The zero-order valence-corrected chi connectivity index (χ0v) is 26.9. The van der Waals surface area contributed by atoms with Crippen molar-refractivity contribution in [3.8, 4) is 11.5 Å². The van der Waals surface area contributed by atoms with Gasteiger partial charge in [0, 0.05) is 48.7 Å². The molecular weight excluding hydrogens is 588 g/mol. The van der Waals surface area contributed by atoms with Crippen molar-refractivity contribution in [2.45, 2.75) is 39.5 Å². The summed E-state index contributed by atoms with van der Waals surface area (Å²) in [6.45, 7) is 8.61. The van der Waals surface area contributed by atoms with Gasteiger partial charge in [0.15, 0.2) is 0 Å². The van der Waals surface area contributed by atoms with E-state index in [1.807, 2.05) is 12.1 Å². The summed E-state index contributed by atoms with van der Waals surface area (Å²) in [5, 5.41) is 8.28. The molecule has 0 bridgehead atoms. The molecule has 2 aliphatic rings. The smallest absolute Gasteiger partial charge is 0.271 e. The number of benzene rings is 4. The summed E-state index contributed by atoms with van der Waals surface area (Å²) >= 11 is 0. The van der Waals surface area contributed by atoms with Crippen LogP contribution in [0.15, 0.2) is 95.1 Å². The predicted octanol–water partition coefficient (Wildman–Crippen LogP) is 6.82. The SMILES string of the molecule is Cc1cc(/C=N/NC(=O)c2ccc(Oc3ccc(C(=O)N/N=C/c4ccc(N5CCCC5)c(C)c4)cc3)cc2)ccc1N1CCCC1. The Balaban J connectivity index is 0.965. The van der Waals surface area contributed by atoms with Crippen LogP contribution < -0.4 is 25.4 Å². The van der Waals surface area contributed by atoms with Crippen LogP contribution in [0, 0.1) is 13.8 Å². The number of carbonyl (C=O) groups excluding carboxylic acids is 2. The molecule has 47 heavy (non-hydrogen) atoms. The van der Waals surface area contributed by atoms with Gasteiger partial charge in [-0.05, 0) is 135 Å². The molecule has 0 atom stereocenters. The van der Waals surface area contributed by atoms with Crippen molar-refractivity contribution < 1.29 is 14.3 Å². The van der Waals surface area contributed by atoms with E-state index in [0.29, 0.717) is 22.6 Å². The summed E-state index contributed by atoms with van der Waals surface area (Å²) in [5.41, 5.74) is 12.9. The third-order valence-corrected chi connectivity index (χ3v) is 8.56. The van der Waals surface area contributed by atoms with Crippen molar-refractivity contribution in [1.82, 2.24) is 10.9 Å². The number of amides is 2. The quantitative estimate of drug-likeness (QED) is 0.148. The van der Waals surface area contributed by atoms with Gasteiger partial charge in [-0.1, -0.05) is 12.1 Å². The molecule has 0 saturated carbocycles. The average Bonchev–Trinajstić information content (AvgIpc) is 3.81. The summed E-state index contributed by atoms with van der Waals surface area (Å²) in [5.74, 6) is 0.494. The Kier molecular flexibility index (Phi) is 9.91. The molecule has 0 spiro atoms. The molecule has 0 aromatic heterocycles. The van der Waals surface area contributed by atoms with Crippen molar-refractivity contribution in [2.75, 3.05) is 36.0 Å². The summed E-state index contributed by atoms with van der Waals surface area (Å²) in [4.78, 5) is 30.0. The van der Waals surface area contributed by atoms with Crippen LogP contribution in [0.1, 0.15) is 68.7 Å². The fourth-order valence-electron chi connectivity index (χ4n) is 6.09. The Labute approximate surface area is 275 Å². The molecule has 9 heteroatoms. The van der Waals surface area contributed by atoms with Crippen LogP contribution in [0.5, 0.6) is 11.5 Å². The van der Waals surface area contributed by atoms with Crippen LogP contribution in [0.3, 0.4) is 0 Å². The second kappa shape index (κ2) is 14.8. The number of hydrazone groups is 2. The van der Waals surface area contributed by atoms with E-state index in [1.165, 1.54) is 48.2 Å². The van der Waals surface area contributed by atoms with Gasteiger partial charge in [-0.3, -0.25) is 9.59 Å². The van der Waals surface area contributed by atoms with Crippen LogP contribution in [0.4, 0.5) is 11.4 Å². The molecule has 2 N–H and O–H groups in total. The lowest BCUT2D eigenvalue weighted by atomic mass is 10.1. The van der Waals surface area contributed by atoms with E-state index in [1.54, 1.807) is 61.0 Å². The standard InChI is InChI=1S/C38H40N6O3/c1-27-23-29(7-17-35(27)43-19-3-4-20-43)25-39-41-37(45)31-9-13-33(14-10-31)47-34-15-11-32(12-16-34)38(46)42-40-26-30-8-18-36(28(2)24-30)44-21-5-6-22-44/h7-18,23-26H,3-6,19-22H2,1-2H3,(H,41,45)(H,42,46)/b39-25+,40-26+. The van der Waals surface area contributed by atoms with Crippen LogP contribution >= 0.6 is 0 Å². The van der Waals surface area contributed by atoms with Crippen molar-refractivity contribution in [3.63, 3.8) is 0 Å². The maximum Gasteiger partial charge on any atom is 0.271 e. The minimum absolute atomic E-state index is 0.314. The number of nitrogens with one attached hydrogen (secondary N) is 2. The van der Waals surface area contributed by atoms with E-state index >= 15 is 0 Å². The molecule has 4 aromatic rings. The fraction of sp³-hybridized carbons (Fsp3) is 0.263. The van der Waals surface area contributed by atoms with Gasteiger partial charge in [-0.15, -0.1) is 0 Å². The van der Waals surface area contributed by atoms with Crippen molar-refractivity contribution in [3.05, 3.63) is 118 Å². The highest BCUT2D eigenvalue weighted by atomic mass is 16.5. The summed E-state index contributed by atoms with van der Waals surface area (Å²) < 4.78 is 5.91. The Morgan fingerprint density at radius 1 is 0.596 bits per heavy atom. The maximum absolute atomic E-state index is 12.6. The lowest BCUT2D eigenvalue weighted by molar-refractivity contribution is 0.0947. The van der Waals surface area contributed by atoms with Gasteiger partial charge in [0.25, 0.3) is 11.8 Å². The van der Waals surface area contributed by atoms with Crippen molar-refractivity contribution in [1.29, 1.82) is 0 Å². The largest absolute Gasteiger partial charge is 0.457 e. The average molecular weight is 629 g/mol. The molecule has 0 unspecified atom stereocenters. The molecule has 0 aliphatic carbocycles. The molecular formula is C38H40N6O3. The van der Waals surface area contributed by atoms with E-state index in [0.717, 1.165) is 37.3 Å². The summed E-state index contributed by atoms with van der Waals surface area (Å²) in [6, 6.07) is 26.0. The second-order valence-electron chi connectivity index (χ2n) is 12.0. The lowest BCUT2D eigenvalue weighted by Gasteiger charge is -2.20. The topological polar surface area (TPSA) is 98.6 Å². The van der Waals surface area contributed by atoms with E-state index in [9.17, 15) is 9.59 Å². The monoisotopic (exact) mass is 628 g/mol. The highest BCUT2D eigenvalue weighted by Crippen LogP contribution is 2.26. The first-order valence-corrected chi connectivity index (χ1v) is 16.2. The second-order valence-corrected chi connectivity index (χ2v) is 12.0. The zero-order valence-electron chi connectivity index (χ0n) is 26.9. The number of hydrogen-bond acceptors (Lipinski definition) is 7. The van der Waals surface area contributed by atoms with Crippen LogP contribution in [-0.2, 0) is 0 Å². The number of hydrogen-bond donors (Lipinski definition) is 2. The Hall–Kier alpha value is -5.44. The first-order chi connectivity index (χ1) is 22.9. The van der Waals surface area contributed by atoms with Crippen molar-refractivity contribution >= 4 is 35.6 Å². The first-order valence-electron chi connectivity index (χ1n) is 16.2. The minimum atomic E-state index is -0.314. The lowest BCUT2D eigenvalue weighted by Crippen LogP contribution is -2.19. The Morgan fingerprint density at radius 3 is 1.34 bits per heavy atom. The Bertz CT molecular complexity index is 1640. The van der Waals surface area contributed by atoms with Gasteiger partial charge in [-0.2, -0.15) is 10.2 Å². The van der Waals surface area contributed by atoms with Crippen molar-refractivity contribution in [2.24, 2.45) is 10.2 Å². The van der Waals surface area contributed by atoms with E-state index in [4.69, 9.17) is 4.74 Å². The van der Waals surface area contributed by atoms with Crippen LogP contribution in [0.25, 0.3) is 0 Å². The maximum atomic E-state index is 12.6. The number of anilines is 2. The van der Waals surface area contributed by atoms with E-state index < -0.39 is 0 Å². The third kappa shape index (κ3) is 8.05. The normalized spacial score (nSPS) is 14.7. The molecule has 240 valence electrons. The van der Waals surface area contributed by atoms with Gasteiger partial charge >= 0.3 is 0 Å². The molecule has 0 radical (unpaired) electrons. The zero-order chi connectivity index (χ0) is 32.6. The van der Waals surface area contributed by atoms with Gasteiger partial charge < -0.3 is 14.5 Å². The molecule has 4 aromatic carbocycles. The number of rotatable bonds is 10. The molecule has 2 saturated heterocycles. The van der Waals surface area contributed by atoms with Gasteiger partial charge in [0.2, 0.25) is 0 Å². The predicted molar refractivity (Wildman–Crippen MR) is 188 cm³/mol. The summed E-state index contributed by atoms with van der Waals surface area (Å²) in [7, 11) is 0. The molecule has 9 nitrogen and oxygen atoms in total. The van der Waals surface area contributed by atoms with Crippen LogP contribution in [-0.4, -0.2) is 50.4 Å². The molecule has 2 aliphatic heterocycles. The molecule has 2 heterocycles. The van der Waals surface area contributed by atoms with Gasteiger partial charge in [0.05, 0.1) is 12.4 Å². The highest BCUT2D eigenvalue weighted by Gasteiger charge is 2.15. The molecule has 2 amide bonds. The van der Waals surface area contributed by atoms with E-state index in [-0.39, 0.29) is 11.8 Å². The van der Waals surface area contributed by atoms with Crippen LogP contribution in [0.2, 0.25) is 0 Å². The Morgan fingerprint density at radius 2 is 0.979 bits per heavy atom. The molecule has 6 rings (SSSR count). The number of carbonyl (C=O) groups is 2. The molecule has 2 fully saturated rings.